The zero-order valence-electron chi connectivity index (χ0n) is 10.4. The molecule has 3 rings (SSSR count). The minimum atomic E-state index is -0.134. The number of benzene rings is 1. The maximum absolute atomic E-state index is 9.32. The fraction of sp³-hybridized carbons (Fsp3) is 0.357. The molecule has 0 bridgehead atoms. The maximum Gasteiger partial charge on any atom is 0.115 e. The van der Waals surface area contributed by atoms with Crippen molar-refractivity contribution in [2.45, 2.75) is 25.3 Å². The van der Waals surface area contributed by atoms with Crippen LogP contribution >= 0.6 is 0 Å². The first-order valence-electron chi connectivity index (χ1n) is 6.23. The van der Waals surface area contributed by atoms with E-state index >= 15 is 0 Å². The van der Waals surface area contributed by atoms with Crippen LogP contribution in [-0.2, 0) is 18.4 Å². The van der Waals surface area contributed by atoms with Crippen LogP contribution in [0.2, 0.25) is 0 Å². The lowest BCUT2D eigenvalue weighted by Gasteiger charge is -2.34. The van der Waals surface area contributed by atoms with E-state index in [-0.39, 0.29) is 5.54 Å². The van der Waals surface area contributed by atoms with E-state index in [2.05, 4.69) is 22.2 Å². The lowest BCUT2D eigenvalue weighted by Crippen LogP contribution is -2.46. The Kier molecular flexibility index (Phi) is 2.59. The number of rotatable bonds is 2. The van der Waals surface area contributed by atoms with Crippen LogP contribution < -0.4 is 5.32 Å². The SMILES string of the molecule is CC1(Cc2ccc(O)cc2)NCCc2[nH]cnc21. The first kappa shape index (κ1) is 11.3. The number of phenolic OH excluding ortho intramolecular Hbond substituents is 1. The molecule has 1 atom stereocenters. The van der Waals surface area contributed by atoms with E-state index in [0.717, 1.165) is 25.1 Å². The Labute approximate surface area is 106 Å². The molecule has 4 nitrogen and oxygen atoms in total. The summed E-state index contributed by atoms with van der Waals surface area (Å²) >= 11 is 0. The second-order valence-corrected chi connectivity index (χ2v) is 5.08. The van der Waals surface area contributed by atoms with E-state index in [9.17, 15) is 5.11 Å². The summed E-state index contributed by atoms with van der Waals surface area (Å²) in [6.45, 7) is 3.14. The molecule has 0 amide bonds. The van der Waals surface area contributed by atoms with Crippen LogP contribution in [0.25, 0.3) is 0 Å². The molecule has 0 fully saturated rings. The van der Waals surface area contributed by atoms with Crippen molar-refractivity contribution in [3.63, 3.8) is 0 Å². The summed E-state index contributed by atoms with van der Waals surface area (Å²) in [4.78, 5) is 7.67. The average molecular weight is 243 g/mol. The van der Waals surface area contributed by atoms with Gasteiger partial charge in [-0.05, 0) is 31.0 Å². The zero-order valence-corrected chi connectivity index (χ0v) is 10.4. The number of hydrogen-bond donors (Lipinski definition) is 3. The van der Waals surface area contributed by atoms with E-state index in [1.165, 1.54) is 11.3 Å². The quantitative estimate of drug-likeness (QED) is 0.752. The molecule has 1 aromatic carbocycles. The number of aromatic nitrogens is 2. The molecule has 1 aliphatic rings. The van der Waals surface area contributed by atoms with Crippen molar-refractivity contribution in [2.75, 3.05) is 6.54 Å². The van der Waals surface area contributed by atoms with Crippen LogP contribution in [0.15, 0.2) is 30.6 Å². The molecule has 3 N–H and O–H groups in total. The Balaban J connectivity index is 1.91. The van der Waals surface area contributed by atoms with Gasteiger partial charge >= 0.3 is 0 Å². The predicted molar refractivity (Wildman–Crippen MR) is 69.5 cm³/mol. The number of fused-ring (bicyclic) bond motifs is 1. The summed E-state index contributed by atoms with van der Waals surface area (Å²) in [5.74, 6) is 0.306. The number of hydrogen-bond acceptors (Lipinski definition) is 3. The predicted octanol–water partition coefficient (Wildman–Crippen LogP) is 1.72. The molecular weight excluding hydrogens is 226 g/mol. The van der Waals surface area contributed by atoms with Crippen molar-refractivity contribution < 1.29 is 5.11 Å². The third kappa shape index (κ3) is 1.88. The lowest BCUT2D eigenvalue weighted by molar-refractivity contribution is 0.335. The van der Waals surface area contributed by atoms with Crippen LogP contribution in [0.5, 0.6) is 5.75 Å². The molecule has 0 aliphatic carbocycles. The Hall–Kier alpha value is -1.81. The van der Waals surface area contributed by atoms with Crippen LogP contribution in [-0.4, -0.2) is 21.6 Å². The van der Waals surface area contributed by atoms with Gasteiger partial charge in [0.05, 0.1) is 17.6 Å². The maximum atomic E-state index is 9.32. The van der Waals surface area contributed by atoms with Gasteiger partial charge in [-0.3, -0.25) is 0 Å². The summed E-state index contributed by atoms with van der Waals surface area (Å²) in [5.41, 5.74) is 3.40. The summed E-state index contributed by atoms with van der Waals surface area (Å²) < 4.78 is 0. The number of aromatic hydroxyl groups is 1. The van der Waals surface area contributed by atoms with Gasteiger partial charge in [0.1, 0.15) is 5.75 Å². The minimum absolute atomic E-state index is 0.134. The molecular formula is C14H17N3O. The normalized spacial score (nSPS) is 22.7. The Morgan fingerprint density at radius 3 is 2.89 bits per heavy atom. The van der Waals surface area contributed by atoms with Crippen molar-refractivity contribution in [1.82, 2.24) is 15.3 Å². The molecule has 4 heteroatoms. The van der Waals surface area contributed by atoms with Crippen molar-refractivity contribution in [1.29, 1.82) is 0 Å². The molecule has 0 spiro atoms. The molecule has 0 saturated carbocycles. The van der Waals surface area contributed by atoms with Gasteiger partial charge in [-0.15, -0.1) is 0 Å². The number of aromatic amines is 1. The first-order valence-corrected chi connectivity index (χ1v) is 6.23. The zero-order chi connectivity index (χ0) is 12.6. The van der Waals surface area contributed by atoms with Gasteiger partial charge < -0.3 is 15.4 Å². The van der Waals surface area contributed by atoms with Crippen molar-refractivity contribution in [2.24, 2.45) is 0 Å². The summed E-state index contributed by atoms with van der Waals surface area (Å²) in [7, 11) is 0. The Morgan fingerprint density at radius 2 is 2.11 bits per heavy atom. The van der Waals surface area contributed by atoms with Gasteiger partial charge in [0.25, 0.3) is 0 Å². The number of phenols is 1. The number of nitrogens with zero attached hydrogens (tertiary/aromatic N) is 1. The van der Waals surface area contributed by atoms with Gasteiger partial charge in [0.2, 0.25) is 0 Å². The highest BCUT2D eigenvalue weighted by Gasteiger charge is 2.34. The van der Waals surface area contributed by atoms with E-state index in [1.54, 1.807) is 18.5 Å². The largest absolute Gasteiger partial charge is 0.508 e. The number of imidazole rings is 1. The minimum Gasteiger partial charge on any atom is -0.508 e. The van der Waals surface area contributed by atoms with Gasteiger partial charge in [0, 0.05) is 18.7 Å². The van der Waals surface area contributed by atoms with Crippen LogP contribution in [0, 0.1) is 0 Å². The molecule has 2 aromatic rings. The van der Waals surface area contributed by atoms with Crippen LogP contribution in [0.4, 0.5) is 0 Å². The second kappa shape index (κ2) is 4.14. The smallest absolute Gasteiger partial charge is 0.115 e. The molecule has 18 heavy (non-hydrogen) atoms. The van der Waals surface area contributed by atoms with E-state index in [4.69, 9.17) is 0 Å². The van der Waals surface area contributed by atoms with Crippen LogP contribution in [0.3, 0.4) is 0 Å². The Morgan fingerprint density at radius 1 is 1.33 bits per heavy atom. The second-order valence-electron chi connectivity index (χ2n) is 5.08. The number of H-pyrrole nitrogens is 1. The van der Waals surface area contributed by atoms with Crippen molar-refractivity contribution in [3.05, 3.63) is 47.5 Å². The highest BCUT2D eigenvalue weighted by atomic mass is 16.3. The molecule has 1 unspecified atom stereocenters. The molecule has 0 radical (unpaired) electrons. The summed E-state index contributed by atoms with van der Waals surface area (Å²) in [5, 5.41) is 12.9. The molecule has 2 heterocycles. The van der Waals surface area contributed by atoms with E-state index < -0.39 is 0 Å². The third-order valence-corrected chi connectivity index (χ3v) is 3.63. The van der Waals surface area contributed by atoms with E-state index in [1.807, 2.05) is 12.1 Å². The topological polar surface area (TPSA) is 60.9 Å². The fourth-order valence-electron chi connectivity index (χ4n) is 2.70. The number of nitrogens with one attached hydrogen (secondary N) is 2. The van der Waals surface area contributed by atoms with Crippen LogP contribution in [0.1, 0.15) is 23.9 Å². The highest BCUT2D eigenvalue weighted by molar-refractivity contribution is 5.31. The van der Waals surface area contributed by atoms with Gasteiger partial charge in [-0.1, -0.05) is 12.1 Å². The first-order chi connectivity index (χ1) is 8.67. The molecule has 94 valence electrons. The van der Waals surface area contributed by atoms with E-state index in [0.29, 0.717) is 5.75 Å². The van der Waals surface area contributed by atoms with Crippen molar-refractivity contribution >= 4 is 0 Å². The third-order valence-electron chi connectivity index (χ3n) is 3.63. The average Bonchev–Trinajstić information content (AvgIpc) is 2.82. The molecule has 0 saturated heterocycles. The standard InChI is InChI=1S/C14H17N3O/c1-14(8-10-2-4-11(18)5-3-10)13-12(6-7-17-14)15-9-16-13/h2-5,9,17-18H,6-8H2,1H3,(H,15,16). The lowest BCUT2D eigenvalue weighted by atomic mass is 9.85. The summed E-state index contributed by atoms with van der Waals surface area (Å²) in [6, 6.07) is 7.38. The molecule has 1 aliphatic heterocycles. The monoisotopic (exact) mass is 243 g/mol. The fourth-order valence-corrected chi connectivity index (χ4v) is 2.70. The highest BCUT2D eigenvalue weighted by Crippen LogP contribution is 2.29. The van der Waals surface area contributed by atoms with Gasteiger partial charge in [-0.25, -0.2) is 4.98 Å². The van der Waals surface area contributed by atoms with Crippen molar-refractivity contribution in [3.8, 4) is 5.75 Å². The summed E-state index contributed by atoms with van der Waals surface area (Å²) in [6.07, 6.45) is 3.64. The van der Waals surface area contributed by atoms with Gasteiger partial charge in [0.15, 0.2) is 0 Å². The van der Waals surface area contributed by atoms with Gasteiger partial charge in [-0.2, -0.15) is 0 Å². The Bertz CT molecular complexity index is 546. The molecule has 1 aromatic heterocycles.